The third-order valence-corrected chi connectivity index (χ3v) is 3.07. The Hall–Kier alpha value is -1.95. The summed E-state index contributed by atoms with van der Waals surface area (Å²) in [5.41, 5.74) is 0.848. The van der Waals surface area contributed by atoms with Crippen LogP contribution in [0.15, 0.2) is 24.3 Å². The lowest BCUT2D eigenvalue weighted by molar-refractivity contribution is -0.384. The zero-order chi connectivity index (χ0) is 14.7. The molecule has 20 heavy (non-hydrogen) atoms. The zero-order valence-electron chi connectivity index (χ0n) is 11.3. The number of non-ortho nitro benzene ring substituents is 1. The molecule has 7 heteroatoms. The molecule has 2 rings (SSSR count). The van der Waals surface area contributed by atoms with Crippen molar-refractivity contribution >= 4 is 17.3 Å². The second-order valence-corrected chi connectivity index (χ2v) is 5.15. The number of aromatic nitrogens is 3. The highest BCUT2D eigenvalue weighted by Crippen LogP contribution is 2.23. The van der Waals surface area contributed by atoms with Crippen molar-refractivity contribution in [2.45, 2.75) is 26.3 Å². The molecule has 106 valence electrons. The lowest BCUT2D eigenvalue weighted by Gasteiger charge is -2.11. The van der Waals surface area contributed by atoms with Gasteiger partial charge in [-0.15, -0.1) is 21.8 Å². The Labute approximate surface area is 121 Å². The van der Waals surface area contributed by atoms with Gasteiger partial charge in [-0.3, -0.25) is 10.1 Å². The fraction of sp³-hybridized carbons (Fsp3) is 0.385. The average molecular weight is 295 g/mol. The van der Waals surface area contributed by atoms with Gasteiger partial charge in [0.15, 0.2) is 5.82 Å². The summed E-state index contributed by atoms with van der Waals surface area (Å²) in [5, 5.41) is 18.9. The van der Waals surface area contributed by atoms with Crippen LogP contribution in [0, 0.1) is 16.0 Å². The van der Waals surface area contributed by atoms with Gasteiger partial charge in [0, 0.05) is 24.2 Å². The van der Waals surface area contributed by atoms with Crippen LogP contribution in [0.1, 0.15) is 19.7 Å². The van der Waals surface area contributed by atoms with Gasteiger partial charge >= 0.3 is 0 Å². The van der Waals surface area contributed by atoms with Crippen molar-refractivity contribution in [1.29, 1.82) is 0 Å². The van der Waals surface area contributed by atoms with Gasteiger partial charge in [-0.2, -0.15) is 0 Å². The molecule has 0 fully saturated rings. The number of hydrogen-bond donors (Lipinski definition) is 0. The van der Waals surface area contributed by atoms with Crippen LogP contribution >= 0.6 is 11.6 Å². The molecule has 0 amide bonds. The number of hydrogen-bond acceptors (Lipinski definition) is 4. The molecule has 0 saturated heterocycles. The third kappa shape index (κ3) is 2.96. The smallest absolute Gasteiger partial charge is 0.269 e. The maximum Gasteiger partial charge on any atom is 0.269 e. The van der Waals surface area contributed by atoms with Gasteiger partial charge in [0.05, 0.1) is 10.8 Å². The predicted molar refractivity (Wildman–Crippen MR) is 76.5 cm³/mol. The Kier molecular flexibility index (Phi) is 4.34. The van der Waals surface area contributed by atoms with E-state index in [9.17, 15) is 10.1 Å². The van der Waals surface area contributed by atoms with E-state index in [0.29, 0.717) is 17.6 Å². The van der Waals surface area contributed by atoms with Gasteiger partial charge in [-0.1, -0.05) is 13.8 Å². The van der Waals surface area contributed by atoms with Gasteiger partial charge in [-0.05, 0) is 18.1 Å². The van der Waals surface area contributed by atoms with Crippen LogP contribution < -0.4 is 0 Å². The van der Waals surface area contributed by atoms with Gasteiger partial charge < -0.3 is 4.57 Å². The number of benzene rings is 1. The molecule has 0 N–H and O–H groups in total. The Morgan fingerprint density at radius 2 is 1.95 bits per heavy atom. The van der Waals surface area contributed by atoms with Crippen molar-refractivity contribution in [3.8, 4) is 11.4 Å². The summed E-state index contributed by atoms with van der Waals surface area (Å²) in [5.74, 6) is 2.09. The van der Waals surface area contributed by atoms with E-state index in [1.54, 1.807) is 12.1 Å². The van der Waals surface area contributed by atoms with Gasteiger partial charge in [0.25, 0.3) is 5.69 Å². The number of halogens is 1. The number of rotatable bonds is 5. The topological polar surface area (TPSA) is 73.8 Å². The van der Waals surface area contributed by atoms with Gasteiger partial charge in [0.1, 0.15) is 5.82 Å². The van der Waals surface area contributed by atoms with Crippen LogP contribution in [0.5, 0.6) is 0 Å². The van der Waals surface area contributed by atoms with E-state index >= 15 is 0 Å². The molecule has 0 aliphatic heterocycles. The first-order chi connectivity index (χ1) is 9.52. The maximum absolute atomic E-state index is 10.7. The van der Waals surface area contributed by atoms with E-state index in [0.717, 1.165) is 12.1 Å². The van der Waals surface area contributed by atoms with E-state index in [1.807, 2.05) is 4.57 Å². The van der Waals surface area contributed by atoms with E-state index < -0.39 is 4.92 Å². The summed E-state index contributed by atoms with van der Waals surface area (Å²) in [6.45, 7) is 4.94. The highest BCUT2D eigenvalue weighted by molar-refractivity contribution is 6.16. The molecule has 0 saturated carbocycles. The summed E-state index contributed by atoms with van der Waals surface area (Å²) in [6.07, 6.45) is 0. The van der Waals surface area contributed by atoms with E-state index in [4.69, 9.17) is 11.6 Å². The normalized spacial score (nSPS) is 11.0. The first-order valence-corrected chi connectivity index (χ1v) is 6.79. The van der Waals surface area contributed by atoms with Crippen LogP contribution in [-0.2, 0) is 12.4 Å². The minimum atomic E-state index is -0.424. The summed E-state index contributed by atoms with van der Waals surface area (Å²) < 4.78 is 1.96. The molecule has 0 aliphatic rings. The molecule has 0 radical (unpaired) electrons. The Morgan fingerprint density at radius 1 is 1.30 bits per heavy atom. The third-order valence-electron chi connectivity index (χ3n) is 2.83. The lowest BCUT2D eigenvalue weighted by Crippen LogP contribution is -2.09. The molecule has 6 nitrogen and oxygen atoms in total. The fourth-order valence-corrected chi connectivity index (χ4v) is 2.13. The van der Waals surface area contributed by atoms with E-state index in [-0.39, 0.29) is 11.6 Å². The van der Waals surface area contributed by atoms with Gasteiger partial charge in [-0.25, -0.2) is 0 Å². The van der Waals surface area contributed by atoms with Crippen molar-refractivity contribution in [2.75, 3.05) is 0 Å². The van der Waals surface area contributed by atoms with Gasteiger partial charge in [0.2, 0.25) is 0 Å². The second kappa shape index (κ2) is 6.00. The number of nitro benzene ring substituents is 1. The Bertz CT molecular complexity index is 607. The molecule has 0 bridgehead atoms. The summed E-state index contributed by atoms with van der Waals surface area (Å²) >= 11 is 5.87. The molecular weight excluding hydrogens is 280 g/mol. The van der Waals surface area contributed by atoms with Crippen LogP contribution in [-0.4, -0.2) is 19.7 Å². The highest BCUT2D eigenvalue weighted by Gasteiger charge is 2.15. The monoisotopic (exact) mass is 294 g/mol. The molecular formula is C13H15ClN4O2. The second-order valence-electron chi connectivity index (χ2n) is 4.88. The minimum absolute atomic E-state index is 0.0567. The SMILES string of the molecule is CC(C)Cn1c(CCl)nnc1-c1ccc([N+](=O)[O-])cc1. The minimum Gasteiger partial charge on any atom is -0.310 e. The maximum atomic E-state index is 10.7. The van der Waals surface area contributed by atoms with Crippen molar-refractivity contribution in [3.05, 3.63) is 40.2 Å². The van der Waals surface area contributed by atoms with Crippen molar-refractivity contribution < 1.29 is 4.92 Å². The first-order valence-electron chi connectivity index (χ1n) is 6.25. The summed E-state index contributed by atoms with van der Waals surface area (Å²) in [4.78, 5) is 10.2. The molecule has 1 heterocycles. The molecule has 1 aromatic heterocycles. The number of alkyl halides is 1. The number of nitrogens with zero attached hydrogens (tertiary/aromatic N) is 4. The standard InChI is InChI=1S/C13H15ClN4O2/c1-9(2)8-17-12(7-14)15-16-13(17)10-3-5-11(6-4-10)18(19)20/h3-6,9H,7-8H2,1-2H3. The predicted octanol–water partition coefficient (Wildman–Crippen LogP) is 3.25. The summed E-state index contributed by atoms with van der Waals surface area (Å²) in [6, 6.07) is 6.28. The van der Waals surface area contributed by atoms with Crippen molar-refractivity contribution in [2.24, 2.45) is 5.92 Å². The van der Waals surface area contributed by atoms with Crippen LogP contribution in [0.25, 0.3) is 11.4 Å². The largest absolute Gasteiger partial charge is 0.310 e. The first kappa shape index (κ1) is 14.5. The highest BCUT2D eigenvalue weighted by atomic mass is 35.5. The van der Waals surface area contributed by atoms with Crippen LogP contribution in [0.4, 0.5) is 5.69 Å². The molecule has 1 aromatic carbocycles. The van der Waals surface area contributed by atoms with Crippen molar-refractivity contribution in [3.63, 3.8) is 0 Å². The fourth-order valence-electron chi connectivity index (χ4n) is 1.94. The molecule has 2 aromatic rings. The summed E-state index contributed by atoms with van der Waals surface area (Å²) in [7, 11) is 0. The molecule has 0 unspecified atom stereocenters. The average Bonchev–Trinajstić information content (AvgIpc) is 2.81. The van der Waals surface area contributed by atoms with Crippen molar-refractivity contribution in [1.82, 2.24) is 14.8 Å². The zero-order valence-corrected chi connectivity index (χ0v) is 12.0. The Morgan fingerprint density at radius 3 is 2.45 bits per heavy atom. The van der Waals surface area contributed by atoms with Crippen LogP contribution in [0.2, 0.25) is 0 Å². The number of nitro groups is 1. The van der Waals surface area contributed by atoms with E-state index in [1.165, 1.54) is 12.1 Å². The lowest BCUT2D eigenvalue weighted by atomic mass is 10.1. The molecule has 0 aliphatic carbocycles. The quantitative estimate of drug-likeness (QED) is 0.482. The van der Waals surface area contributed by atoms with Crippen LogP contribution in [0.3, 0.4) is 0 Å². The molecule has 0 spiro atoms. The van der Waals surface area contributed by atoms with E-state index in [2.05, 4.69) is 24.0 Å². The Balaban J connectivity index is 2.41. The molecule has 0 atom stereocenters.